The van der Waals surface area contributed by atoms with Gasteiger partial charge in [0.15, 0.2) is 12.0 Å². The Morgan fingerprint density at radius 2 is 1.52 bits per heavy atom. The van der Waals surface area contributed by atoms with Crippen molar-refractivity contribution in [3.05, 3.63) is 71.8 Å². The van der Waals surface area contributed by atoms with Gasteiger partial charge in [-0.3, -0.25) is 4.79 Å². The van der Waals surface area contributed by atoms with Crippen LogP contribution in [-0.4, -0.2) is 42.1 Å². The van der Waals surface area contributed by atoms with E-state index in [1.807, 2.05) is 42.5 Å². The van der Waals surface area contributed by atoms with Crippen molar-refractivity contribution in [2.75, 3.05) is 27.6 Å². The zero-order valence-corrected chi connectivity index (χ0v) is 15.6. The lowest BCUT2D eigenvalue weighted by Crippen LogP contribution is -2.49. The fourth-order valence-corrected chi connectivity index (χ4v) is 3.34. The van der Waals surface area contributed by atoms with Crippen LogP contribution >= 0.6 is 0 Å². The van der Waals surface area contributed by atoms with E-state index in [0.717, 1.165) is 5.56 Å². The third kappa shape index (κ3) is 5.37. The molecule has 0 atom stereocenters. The zero-order valence-electron chi connectivity index (χ0n) is 14.6. The van der Waals surface area contributed by atoms with E-state index in [0.29, 0.717) is 11.3 Å². The zero-order chi connectivity index (χ0) is 18.1. The molecular weight excluding hydrogens is 336 g/mol. The summed E-state index contributed by atoms with van der Waals surface area (Å²) < 4.78 is 21.6. The molecule has 5 nitrogen and oxygen atoms in total. The molecular formula is C19H22O5Si. The van der Waals surface area contributed by atoms with Crippen molar-refractivity contribution in [2.45, 2.75) is 0 Å². The van der Waals surface area contributed by atoms with Crippen LogP contribution in [0, 0.1) is 0 Å². The highest BCUT2D eigenvalue weighted by Gasteiger charge is 2.39. The van der Waals surface area contributed by atoms with Gasteiger partial charge in [-0.05, 0) is 23.8 Å². The summed E-state index contributed by atoms with van der Waals surface area (Å²) in [7, 11) is 1.86. The minimum atomic E-state index is -2.76. The highest BCUT2D eigenvalue weighted by Crippen LogP contribution is 2.16. The molecule has 2 aromatic rings. The molecule has 0 spiro atoms. The Labute approximate surface area is 149 Å². The van der Waals surface area contributed by atoms with Gasteiger partial charge in [-0.1, -0.05) is 48.5 Å². The second-order valence-corrected chi connectivity index (χ2v) is 8.10. The fourth-order valence-electron chi connectivity index (χ4n) is 2.14. The van der Waals surface area contributed by atoms with E-state index in [1.54, 1.807) is 45.6 Å². The molecule has 0 N–H and O–H groups in total. The van der Waals surface area contributed by atoms with E-state index in [4.69, 9.17) is 18.0 Å². The lowest BCUT2D eigenvalue weighted by molar-refractivity contribution is 0.100. The van der Waals surface area contributed by atoms with Crippen molar-refractivity contribution in [3.63, 3.8) is 0 Å². The third-order valence-electron chi connectivity index (χ3n) is 3.71. The number of hydrogen-bond acceptors (Lipinski definition) is 5. The molecule has 0 fully saturated rings. The highest BCUT2D eigenvalue weighted by molar-refractivity contribution is 6.60. The van der Waals surface area contributed by atoms with Crippen molar-refractivity contribution < 1.29 is 22.8 Å². The molecule has 0 bridgehead atoms. The lowest BCUT2D eigenvalue weighted by Gasteiger charge is -2.24. The Kier molecular flexibility index (Phi) is 7.09. The van der Waals surface area contributed by atoms with E-state index < -0.39 is 8.80 Å². The van der Waals surface area contributed by atoms with Gasteiger partial charge in [0.1, 0.15) is 5.75 Å². The first-order chi connectivity index (χ1) is 12.1. The van der Waals surface area contributed by atoms with Crippen LogP contribution in [0.4, 0.5) is 0 Å². The van der Waals surface area contributed by atoms with Gasteiger partial charge in [-0.15, -0.1) is 0 Å². The van der Waals surface area contributed by atoms with Gasteiger partial charge in [-0.25, -0.2) is 0 Å². The molecule has 0 aliphatic heterocycles. The SMILES string of the molecule is CO[Si](COc1ccc(/C=C/C(=O)c2ccccc2)cc1)(OC)OC. The standard InChI is InChI=1S/C19H22O5Si/c1-21-25(22-2,23-3)15-24-18-12-9-16(10-13-18)11-14-19(20)17-7-5-4-6-8-17/h4-14H,15H2,1-3H3/b14-11+. The van der Waals surface area contributed by atoms with Gasteiger partial charge in [0.25, 0.3) is 0 Å². The average Bonchev–Trinajstić information content (AvgIpc) is 2.69. The molecule has 0 heterocycles. The predicted molar refractivity (Wildman–Crippen MR) is 98.5 cm³/mol. The Hall–Kier alpha value is -2.25. The molecule has 0 radical (unpaired) electrons. The second kappa shape index (κ2) is 9.29. The monoisotopic (exact) mass is 358 g/mol. The van der Waals surface area contributed by atoms with Crippen LogP contribution in [0.3, 0.4) is 0 Å². The maximum Gasteiger partial charge on any atom is 0.539 e. The average molecular weight is 358 g/mol. The fraction of sp³-hybridized carbons (Fsp3) is 0.211. The molecule has 0 aliphatic rings. The minimum Gasteiger partial charge on any atom is -0.489 e. The van der Waals surface area contributed by atoms with E-state index in [9.17, 15) is 4.79 Å². The van der Waals surface area contributed by atoms with Crippen LogP contribution in [0.15, 0.2) is 60.7 Å². The maximum atomic E-state index is 12.0. The van der Waals surface area contributed by atoms with Crippen molar-refractivity contribution in [2.24, 2.45) is 0 Å². The molecule has 0 aliphatic carbocycles. The molecule has 2 rings (SSSR count). The first-order valence-electron chi connectivity index (χ1n) is 7.78. The van der Waals surface area contributed by atoms with Crippen LogP contribution in [0.2, 0.25) is 0 Å². The predicted octanol–water partition coefficient (Wildman–Crippen LogP) is 3.38. The van der Waals surface area contributed by atoms with E-state index in [-0.39, 0.29) is 12.0 Å². The summed E-state index contributed by atoms with van der Waals surface area (Å²) in [6.45, 7) is 0. The number of rotatable bonds is 9. The number of allylic oxidation sites excluding steroid dienone is 1. The van der Waals surface area contributed by atoms with Crippen molar-refractivity contribution in [3.8, 4) is 5.75 Å². The summed E-state index contributed by atoms with van der Waals surface area (Å²) in [5.41, 5.74) is 1.57. The van der Waals surface area contributed by atoms with E-state index in [2.05, 4.69) is 0 Å². The molecule has 132 valence electrons. The highest BCUT2D eigenvalue weighted by atomic mass is 28.4. The summed E-state index contributed by atoms with van der Waals surface area (Å²) in [5.74, 6) is 0.645. The Morgan fingerprint density at radius 1 is 0.920 bits per heavy atom. The molecule has 0 saturated carbocycles. The third-order valence-corrected chi connectivity index (χ3v) is 6.08. The molecule has 25 heavy (non-hydrogen) atoms. The molecule has 6 heteroatoms. The quantitative estimate of drug-likeness (QED) is 0.391. The number of carbonyl (C=O) groups is 1. The van der Waals surface area contributed by atoms with Crippen LogP contribution in [-0.2, 0) is 13.3 Å². The van der Waals surface area contributed by atoms with Gasteiger partial charge in [-0.2, -0.15) is 0 Å². The molecule has 0 amide bonds. The van der Waals surface area contributed by atoms with Crippen LogP contribution in [0.1, 0.15) is 15.9 Å². The number of ketones is 1. The number of benzene rings is 2. The van der Waals surface area contributed by atoms with Crippen molar-refractivity contribution in [1.29, 1.82) is 0 Å². The van der Waals surface area contributed by atoms with Crippen LogP contribution in [0.5, 0.6) is 5.75 Å². The minimum absolute atomic E-state index is 0.0306. The molecule has 0 unspecified atom stereocenters. The molecule has 0 aromatic heterocycles. The number of ether oxygens (including phenoxy) is 1. The summed E-state index contributed by atoms with van der Waals surface area (Å²) >= 11 is 0. The second-order valence-electron chi connectivity index (χ2n) is 5.22. The summed E-state index contributed by atoms with van der Waals surface area (Å²) in [6, 6.07) is 16.6. The number of hydrogen-bond donors (Lipinski definition) is 0. The van der Waals surface area contributed by atoms with Crippen molar-refractivity contribution in [1.82, 2.24) is 0 Å². The Balaban J connectivity index is 1.96. The van der Waals surface area contributed by atoms with Crippen LogP contribution in [0.25, 0.3) is 6.08 Å². The van der Waals surface area contributed by atoms with Crippen molar-refractivity contribution >= 4 is 20.7 Å². The van der Waals surface area contributed by atoms with Gasteiger partial charge >= 0.3 is 8.80 Å². The largest absolute Gasteiger partial charge is 0.539 e. The normalized spacial score (nSPS) is 11.6. The first-order valence-corrected chi connectivity index (χ1v) is 9.71. The smallest absolute Gasteiger partial charge is 0.489 e. The summed E-state index contributed by atoms with van der Waals surface area (Å²) in [5, 5.41) is 0. The molecule has 2 aromatic carbocycles. The van der Waals surface area contributed by atoms with Gasteiger partial charge in [0.2, 0.25) is 0 Å². The lowest BCUT2D eigenvalue weighted by atomic mass is 10.1. The van der Waals surface area contributed by atoms with E-state index >= 15 is 0 Å². The summed E-state index contributed by atoms with van der Waals surface area (Å²) in [4.78, 5) is 12.0. The Bertz CT molecular complexity index is 685. The number of carbonyl (C=O) groups excluding carboxylic acids is 1. The Morgan fingerprint density at radius 3 is 2.08 bits per heavy atom. The maximum absolute atomic E-state index is 12.0. The van der Waals surface area contributed by atoms with Gasteiger partial charge in [0.05, 0.1) is 0 Å². The van der Waals surface area contributed by atoms with E-state index in [1.165, 1.54) is 0 Å². The summed E-state index contributed by atoms with van der Waals surface area (Å²) in [6.07, 6.45) is 3.56. The topological polar surface area (TPSA) is 54.0 Å². The first kappa shape index (κ1) is 19.1. The van der Waals surface area contributed by atoms with Crippen LogP contribution < -0.4 is 4.74 Å². The molecule has 0 saturated heterocycles. The van der Waals surface area contributed by atoms with Gasteiger partial charge < -0.3 is 18.0 Å². The van der Waals surface area contributed by atoms with Gasteiger partial charge in [0, 0.05) is 26.9 Å².